The SMILES string of the molecule is CCCOc1c(OCc2ccccc2)cccc1S(=O)(=O)CCC. The van der Waals surface area contributed by atoms with Crippen LogP contribution >= 0.6 is 0 Å². The molecule has 0 spiro atoms. The van der Waals surface area contributed by atoms with E-state index >= 15 is 0 Å². The summed E-state index contributed by atoms with van der Waals surface area (Å²) in [4.78, 5) is 0.211. The molecule has 130 valence electrons. The first kappa shape index (κ1) is 18.3. The fourth-order valence-corrected chi connectivity index (χ4v) is 3.80. The average molecular weight is 348 g/mol. The van der Waals surface area contributed by atoms with Gasteiger partial charge in [-0.15, -0.1) is 0 Å². The van der Waals surface area contributed by atoms with Crippen LogP contribution in [0.15, 0.2) is 53.4 Å². The average Bonchev–Trinajstić information content (AvgIpc) is 2.59. The smallest absolute Gasteiger partial charge is 0.182 e. The molecule has 0 aromatic heterocycles. The first-order chi connectivity index (χ1) is 11.6. The molecule has 2 aromatic rings. The standard InChI is InChI=1S/C19H24O4S/c1-3-13-22-19-17(23-15-16-9-6-5-7-10-16)11-8-12-18(19)24(20,21)14-4-2/h5-12H,3-4,13-15H2,1-2H3. The lowest BCUT2D eigenvalue weighted by Gasteiger charge is -2.16. The molecule has 0 bridgehead atoms. The first-order valence-electron chi connectivity index (χ1n) is 8.23. The summed E-state index contributed by atoms with van der Waals surface area (Å²) in [5, 5.41) is 0. The Morgan fingerprint density at radius 3 is 2.29 bits per heavy atom. The maximum atomic E-state index is 12.5. The van der Waals surface area contributed by atoms with Gasteiger partial charge < -0.3 is 9.47 Å². The van der Waals surface area contributed by atoms with Crippen molar-refractivity contribution in [3.63, 3.8) is 0 Å². The monoisotopic (exact) mass is 348 g/mol. The molecule has 0 saturated heterocycles. The molecule has 2 aromatic carbocycles. The molecule has 2 rings (SSSR count). The number of hydrogen-bond acceptors (Lipinski definition) is 4. The third kappa shape index (κ3) is 4.74. The van der Waals surface area contributed by atoms with Gasteiger partial charge in [0, 0.05) is 0 Å². The summed E-state index contributed by atoms with van der Waals surface area (Å²) in [6, 6.07) is 14.8. The maximum absolute atomic E-state index is 12.5. The number of rotatable bonds is 9. The van der Waals surface area contributed by atoms with E-state index < -0.39 is 9.84 Å². The number of hydrogen-bond donors (Lipinski definition) is 0. The van der Waals surface area contributed by atoms with Crippen LogP contribution in [0.3, 0.4) is 0 Å². The quantitative estimate of drug-likeness (QED) is 0.680. The van der Waals surface area contributed by atoms with E-state index in [1.54, 1.807) is 18.2 Å². The van der Waals surface area contributed by atoms with Crippen molar-refractivity contribution in [2.75, 3.05) is 12.4 Å². The van der Waals surface area contributed by atoms with Gasteiger partial charge in [-0.1, -0.05) is 50.2 Å². The zero-order valence-electron chi connectivity index (χ0n) is 14.2. The second kappa shape index (κ2) is 8.73. The highest BCUT2D eigenvalue weighted by Gasteiger charge is 2.22. The van der Waals surface area contributed by atoms with Crippen LogP contribution in [0.4, 0.5) is 0 Å². The highest BCUT2D eigenvalue weighted by atomic mass is 32.2. The highest BCUT2D eigenvalue weighted by molar-refractivity contribution is 7.91. The van der Waals surface area contributed by atoms with Gasteiger partial charge in [-0.25, -0.2) is 8.42 Å². The Morgan fingerprint density at radius 2 is 1.62 bits per heavy atom. The summed E-state index contributed by atoms with van der Waals surface area (Å²) < 4.78 is 36.6. The fraction of sp³-hybridized carbons (Fsp3) is 0.368. The normalized spacial score (nSPS) is 11.2. The van der Waals surface area contributed by atoms with E-state index in [2.05, 4.69) is 0 Å². The van der Waals surface area contributed by atoms with Crippen LogP contribution in [0.5, 0.6) is 11.5 Å². The second-order valence-corrected chi connectivity index (χ2v) is 7.60. The molecule has 0 amide bonds. The molecule has 0 unspecified atom stereocenters. The summed E-state index contributed by atoms with van der Waals surface area (Å²) >= 11 is 0. The second-order valence-electron chi connectivity index (χ2n) is 5.53. The molecule has 0 aliphatic rings. The van der Waals surface area contributed by atoms with Crippen molar-refractivity contribution < 1.29 is 17.9 Å². The number of sulfone groups is 1. The van der Waals surface area contributed by atoms with Crippen molar-refractivity contribution >= 4 is 9.84 Å². The molecule has 24 heavy (non-hydrogen) atoms. The first-order valence-corrected chi connectivity index (χ1v) is 9.89. The Hall–Kier alpha value is -2.01. The van der Waals surface area contributed by atoms with Crippen molar-refractivity contribution in [2.45, 2.75) is 38.2 Å². The summed E-state index contributed by atoms with van der Waals surface area (Å²) in [6.07, 6.45) is 1.35. The molecule has 0 aliphatic heterocycles. The summed E-state index contributed by atoms with van der Waals surface area (Å²) in [6.45, 7) is 4.63. The van der Waals surface area contributed by atoms with Crippen molar-refractivity contribution in [3.05, 3.63) is 54.1 Å². The third-order valence-electron chi connectivity index (χ3n) is 3.44. The molecular formula is C19H24O4S. The molecule has 0 heterocycles. The Balaban J connectivity index is 2.32. The van der Waals surface area contributed by atoms with Crippen LogP contribution in [-0.2, 0) is 16.4 Å². The molecule has 5 heteroatoms. The predicted octanol–water partition coefficient (Wildman–Crippen LogP) is 4.24. The van der Waals surface area contributed by atoms with Gasteiger partial charge in [-0.05, 0) is 30.5 Å². The minimum atomic E-state index is -3.38. The minimum Gasteiger partial charge on any atom is -0.488 e. The zero-order chi connectivity index (χ0) is 17.4. The Morgan fingerprint density at radius 1 is 0.875 bits per heavy atom. The van der Waals surface area contributed by atoms with Gasteiger partial charge in [-0.2, -0.15) is 0 Å². The van der Waals surface area contributed by atoms with Crippen LogP contribution in [0.2, 0.25) is 0 Å². The van der Waals surface area contributed by atoms with Crippen molar-refractivity contribution in [2.24, 2.45) is 0 Å². The van der Waals surface area contributed by atoms with Crippen LogP contribution in [0.1, 0.15) is 32.3 Å². The predicted molar refractivity (Wildman–Crippen MR) is 95.3 cm³/mol. The van der Waals surface area contributed by atoms with E-state index in [1.165, 1.54) is 0 Å². The van der Waals surface area contributed by atoms with Crippen LogP contribution in [0.25, 0.3) is 0 Å². The molecule has 0 N–H and O–H groups in total. The number of benzene rings is 2. The largest absolute Gasteiger partial charge is 0.488 e. The van der Waals surface area contributed by atoms with Crippen molar-refractivity contribution in [3.8, 4) is 11.5 Å². The molecule has 0 fully saturated rings. The Labute approximate surface area is 144 Å². The fourth-order valence-electron chi connectivity index (χ4n) is 2.31. The van der Waals surface area contributed by atoms with E-state index in [0.29, 0.717) is 31.1 Å². The van der Waals surface area contributed by atoms with E-state index in [4.69, 9.17) is 9.47 Å². The highest BCUT2D eigenvalue weighted by Crippen LogP contribution is 2.35. The van der Waals surface area contributed by atoms with Gasteiger partial charge in [0.15, 0.2) is 21.3 Å². The van der Waals surface area contributed by atoms with Crippen LogP contribution in [0, 0.1) is 0 Å². The van der Waals surface area contributed by atoms with Crippen LogP contribution in [-0.4, -0.2) is 20.8 Å². The number of para-hydroxylation sites is 1. The summed E-state index contributed by atoms with van der Waals surface area (Å²) in [5.74, 6) is 0.880. The molecule has 4 nitrogen and oxygen atoms in total. The van der Waals surface area contributed by atoms with Gasteiger partial charge in [0.1, 0.15) is 11.5 Å². The Bertz CT molecular complexity index is 739. The van der Waals surface area contributed by atoms with Crippen LogP contribution < -0.4 is 9.47 Å². The lowest BCUT2D eigenvalue weighted by atomic mass is 10.2. The lowest BCUT2D eigenvalue weighted by molar-refractivity contribution is 0.256. The van der Waals surface area contributed by atoms with Crippen molar-refractivity contribution in [1.82, 2.24) is 0 Å². The van der Waals surface area contributed by atoms with E-state index in [9.17, 15) is 8.42 Å². The molecule has 0 aliphatic carbocycles. The molecule has 0 radical (unpaired) electrons. The zero-order valence-corrected chi connectivity index (χ0v) is 15.0. The summed E-state index contributed by atoms with van der Waals surface area (Å²) in [5.41, 5.74) is 1.01. The topological polar surface area (TPSA) is 52.6 Å². The lowest BCUT2D eigenvalue weighted by Crippen LogP contribution is -2.10. The minimum absolute atomic E-state index is 0.0949. The van der Waals surface area contributed by atoms with Gasteiger partial charge in [0.2, 0.25) is 0 Å². The molecule has 0 atom stereocenters. The van der Waals surface area contributed by atoms with Crippen molar-refractivity contribution in [1.29, 1.82) is 0 Å². The summed E-state index contributed by atoms with van der Waals surface area (Å²) in [7, 11) is -3.38. The van der Waals surface area contributed by atoms with Gasteiger partial charge in [0.05, 0.1) is 12.4 Å². The van der Waals surface area contributed by atoms with E-state index in [1.807, 2.05) is 44.2 Å². The maximum Gasteiger partial charge on any atom is 0.182 e. The number of ether oxygens (including phenoxy) is 2. The Kier molecular flexibility index (Phi) is 6.67. The van der Waals surface area contributed by atoms with E-state index in [0.717, 1.165) is 12.0 Å². The van der Waals surface area contributed by atoms with Gasteiger partial charge >= 0.3 is 0 Å². The van der Waals surface area contributed by atoms with E-state index in [-0.39, 0.29) is 10.6 Å². The molecule has 0 saturated carbocycles. The third-order valence-corrected chi connectivity index (χ3v) is 5.38. The molecular weight excluding hydrogens is 324 g/mol. The van der Waals surface area contributed by atoms with Gasteiger partial charge in [0.25, 0.3) is 0 Å². The van der Waals surface area contributed by atoms with Gasteiger partial charge in [-0.3, -0.25) is 0 Å².